The molecule has 0 aliphatic rings. The number of carbonyl (C=O) groups is 1. The van der Waals surface area contributed by atoms with Gasteiger partial charge in [0.25, 0.3) is 0 Å². The number of urea groups is 1. The van der Waals surface area contributed by atoms with Gasteiger partial charge in [-0.3, -0.25) is 0 Å². The van der Waals surface area contributed by atoms with Gasteiger partial charge in [0, 0.05) is 25.0 Å². The van der Waals surface area contributed by atoms with Crippen LogP contribution in [-0.2, 0) is 0 Å². The van der Waals surface area contributed by atoms with Crippen molar-refractivity contribution in [3.8, 4) is 5.82 Å². The predicted molar refractivity (Wildman–Crippen MR) is 101 cm³/mol. The third kappa shape index (κ3) is 4.79. The molecule has 3 N–H and O–H groups in total. The standard InChI is InChI=1S/C18H21N7O/c1-13-3-5-15(6-4-13)21-18(26)20-11-10-19-16-7-8-17(23-22-16)25-12-9-14(2)24-25/h3-9,12H,10-11H2,1-2H3,(H,19,22)(H2,20,21,26). The number of rotatable bonds is 6. The number of amides is 2. The first-order valence-electron chi connectivity index (χ1n) is 8.32. The zero-order valence-corrected chi connectivity index (χ0v) is 14.7. The van der Waals surface area contributed by atoms with Crippen molar-refractivity contribution in [2.75, 3.05) is 23.7 Å². The van der Waals surface area contributed by atoms with Gasteiger partial charge in [0.05, 0.1) is 5.69 Å². The fourth-order valence-corrected chi connectivity index (χ4v) is 2.26. The Morgan fingerprint density at radius 1 is 1.00 bits per heavy atom. The molecule has 26 heavy (non-hydrogen) atoms. The van der Waals surface area contributed by atoms with Crippen molar-refractivity contribution in [2.45, 2.75) is 13.8 Å². The van der Waals surface area contributed by atoms with E-state index in [0.717, 1.165) is 16.9 Å². The smallest absolute Gasteiger partial charge is 0.319 e. The van der Waals surface area contributed by atoms with Gasteiger partial charge in [-0.05, 0) is 44.2 Å². The van der Waals surface area contributed by atoms with Gasteiger partial charge in [-0.2, -0.15) is 5.10 Å². The van der Waals surface area contributed by atoms with E-state index < -0.39 is 0 Å². The molecule has 0 radical (unpaired) electrons. The van der Waals surface area contributed by atoms with Crippen molar-refractivity contribution in [3.05, 3.63) is 59.9 Å². The fourth-order valence-electron chi connectivity index (χ4n) is 2.26. The summed E-state index contributed by atoms with van der Waals surface area (Å²) in [6.07, 6.45) is 1.84. The molecule has 0 aliphatic carbocycles. The van der Waals surface area contributed by atoms with Crippen LogP contribution in [0.4, 0.5) is 16.3 Å². The number of hydrogen-bond donors (Lipinski definition) is 3. The van der Waals surface area contributed by atoms with Gasteiger partial charge < -0.3 is 16.0 Å². The largest absolute Gasteiger partial charge is 0.367 e. The minimum Gasteiger partial charge on any atom is -0.367 e. The topological polar surface area (TPSA) is 96.8 Å². The highest BCUT2D eigenvalue weighted by atomic mass is 16.2. The molecule has 0 fully saturated rings. The van der Waals surface area contributed by atoms with Crippen molar-refractivity contribution in [3.63, 3.8) is 0 Å². The van der Waals surface area contributed by atoms with Gasteiger partial charge in [-0.1, -0.05) is 17.7 Å². The van der Waals surface area contributed by atoms with E-state index in [1.807, 2.05) is 62.5 Å². The lowest BCUT2D eigenvalue weighted by atomic mass is 10.2. The number of aryl methyl sites for hydroxylation is 2. The summed E-state index contributed by atoms with van der Waals surface area (Å²) in [6, 6.07) is 12.9. The quantitative estimate of drug-likeness (QED) is 0.593. The fraction of sp³-hybridized carbons (Fsp3) is 0.222. The molecule has 2 amide bonds. The van der Waals surface area contributed by atoms with Gasteiger partial charge in [-0.25, -0.2) is 9.48 Å². The Hall–Kier alpha value is -3.42. The summed E-state index contributed by atoms with van der Waals surface area (Å²) in [6.45, 7) is 4.92. The summed E-state index contributed by atoms with van der Waals surface area (Å²) in [7, 11) is 0. The van der Waals surface area contributed by atoms with Crippen LogP contribution in [0.5, 0.6) is 0 Å². The van der Waals surface area contributed by atoms with Crippen molar-refractivity contribution < 1.29 is 4.79 Å². The number of nitrogens with zero attached hydrogens (tertiary/aromatic N) is 4. The molecule has 8 heteroatoms. The van der Waals surface area contributed by atoms with Crippen molar-refractivity contribution in [1.29, 1.82) is 0 Å². The molecule has 0 unspecified atom stereocenters. The molecule has 1 aromatic carbocycles. The zero-order valence-electron chi connectivity index (χ0n) is 14.7. The molecule has 0 bridgehead atoms. The second-order valence-corrected chi connectivity index (χ2v) is 5.85. The summed E-state index contributed by atoms with van der Waals surface area (Å²) < 4.78 is 1.67. The van der Waals surface area contributed by atoms with Crippen LogP contribution in [-0.4, -0.2) is 39.1 Å². The van der Waals surface area contributed by atoms with E-state index in [9.17, 15) is 4.79 Å². The molecule has 0 atom stereocenters. The monoisotopic (exact) mass is 351 g/mol. The van der Waals surface area contributed by atoms with Crippen LogP contribution in [0.25, 0.3) is 5.82 Å². The third-order valence-corrected chi connectivity index (χ3v) is 3.63. The van der Waals surface area contributed by atoms with E-state index in [0.29, 0.717) is 24.7 Å². The Labute approximate surface area is 151 Å². The summed E-state index contributed by atoms with van der Waals surface area (Å²) in [5.74, 6) is 1.29. The maximum absolute atomic E-state index is 11.8. The normalized spacial score (nSPS) is 10.4. The second-order valence-electron chi connectivity index (χ2n) is 5.85. The zero-order chi connectivity index (χ0) is 18.4. The minimum atomic E-state index is -0.244. The molecule has 3 rings (SSSR count). The highest BCUT2D eigenvalue weighted by molar-refractivity contribution is 5.89. The lowest BCUT2D eigenvalue weighted by Gasteiger charge is -2.09. The first-order valence-corrected chi connectivity index (χ1v) is 8.32. The van der Waals surface area contributed by atoms with E-state index in [1.165, 1.54) is 0 Å². The molecular weight excluding hydrogens is 330 g/mol. The summed E-state index contributed by atoms with van der Waals surface area (Å²) in [5.41, 5.74) is 2.83. The number of hydrogen-bond acceptors (Lipinski definition) is 5. The third-order valence-electron chi connectivity index (χ3n) is 3.63. The number of nitrogens with one attached hydrogen (secondary N) is 3. The van der Waals surface area contributed by atoms with Crippen LogP contribution in [0.2, 0.25) is 0 Å². The summed E-state index contributed by atoms with van der Waals surface area (Å²) in [4.78, 5) is 11.8. The van der Waals surface area contributed by atoms with Crippen LogP contribution >= 0.6 is 0 Å². The molecular formula is C18H21N7O. The Morgan fingerprint density at radius 3 is 2.46 bits per heavy atom. The lowest BCUT2D eigenvalue weighted by molar-refractivity contribution is 0.252. The second kappa shape index (κ2) is 8.11. The number of anilines is 2. The predicted octanol–water partition coefficient (Wildman–Crippen LogP) is 2.51. The van der Waals surface area contributed by atoms with Crippen LogP contribution in [0, 0.1) is 13.8 Å². The Kier molecular flexibility index (Phi) is 5.43. The van der Waals surface area contributed by atoms with E-state index in [-0.39, 0.29) is 6.03 Å². The molecule has 134 valence electrons. The number of benzene rings is 1. The summed E-state index contributed by atoms with van der Waals surface area (Å²) >= 11 is 0. The number of aromatic nitrogens is 4. The van der Waals surface area contributed by atoms with E-state index >= 15 is 0 Å². The molecule has 8 nitrogen and oxygen atoms in total. The molecule has 3 aromatic rings. The molecule has 0 saturated carbocycles. The first-order chi connectivity index (χ1) is 12.6. The van der Waals surface area contributed by atoms with Gasteiger partial charge in [0.2, 0.25) is 0 Å². The van der Waals surface area contributed by atoms with E-state index in [1.54, 1.807) is 4.68 Å². The van der Waals surface area contributed by atoms with Crippen molar-refractivity contribution in [1.82, 2.24) is 25.3 Å². The highest BCUT2D eigenvalue weighted by Crippen LogP contribution is 2.08. The van der Waals surface area contributed by atoms with Crippen molar-refractivity contribution >= 4 is 17.5 Å². The minimum absolute atomic E-state index is 0.244. The molecule has 0 spiro atoms. The van der Waals surface area contributed by atoms with Gasteiger partial charge in [0.15, 0.2) is 5.82 Å². The average Bonchev–Trinajstić information content (AvgIpc) is 3.08. The van der Waals surface area contributed by atoms with Gasteiger partial charge in [0.1, 0.15) is 5.82 Å². The van der Waals surface area contributed by atoms with Crippen molar-refractivity contribution in [2.24, 2.45) is 0 Å². The molecule has 2 heterocycles. The first kappa shape index (κ1) is 17.4. The molecule has 0 aliphatic heterocycles. The molecule has 0 saturated heterocycles. The van der Waals surface area contributed by atoms with Gasteiger partial charge in [-0.15, -0.1) is 10.2 Å². The highest BCUT2D eigenvalue weighted by Gasteiger charge is 2.03. The average molecular weight is 351 g/mol. The van der Waals surface area contributed by atoms with E-state index in [4.69, 9.17) is 0 Å². The summed E-state index contributed by atoms with van der Waals surface area (Å²) in [5, 5.41) is 21.2. The van der Waals surface area contributed by atoms with Crippen LogP contribution in [0.3, 0.4) is 0 Å². The van der Waals surface area contributed by atoms with Crippen LogP contribution in [0.1, 0.15) is 11.3 Å². The van der Waals surface area contributed by atoms with E-state index in [2.05, 4.69) is 31.2 Å². The molecule has 2 aromatic heterocycles. The maximum atomic E-state index is 11.8. The van der Waals surface area contributed by atoms with Crippen LogP contribution < -0.4 is 16.0 Å². The number of carbonyl (C=O) groups excluding carboxylic acids is 1. The Balaban J connectivity index is 1.40. The van der Waals surface area contributed by atoms with Gasteiger partial charge >= 0.3 is 6.03 Å². The maximum Gasteiger partial charge on any atom is 0.319 e. The SMILES string of the molecule is Cc1ccc(NC(=O)NCCNc2ccc(-n3ccc(C)n3)nn2)cc1. The Morgan fingerprint density at radius 2 is 1.81 bits per heavy atom. The lowest BCUT2D eigenvalue weighted by Crippen LogP contribution is -2.32. The Bertz CT molecular complexity index is 856. The van der Waals surface area contributed by atoms with Crippen LogP contribution in [0.15, 0.2) is 48.7 Å².